The molecule has 1 aliphatic rings. The van der Waals surface area contributed by atoms with Crippen LogP contribution in [0.15, 0.2) is 70.2 Å². The molecule has 7 nitrogen and oxygen atoms in total. The average Bonchev–Trinajstić information content (AvgIpc) is 3.25. The van der Waals surface area contributed by atoms with Gasteiger partial charge in [0.15, 0.2) is 5.89 Å². The lowest BCUT2D eigenvalue weighted by molar-refractivity contribution is -0.0663. The van der Waals surface area contributed by atoms with Gasteiger partial charge in [-0.05, 0) is 36.5 Å². The number of hydrogen-bond acceptors (Lipinski definition) is 6. The van der Waals surface area contributed by atoms with Crippen LogP contribution in [-0.4, -0.2) is 38.3 Å². The molecule has 8 heteroatoms. The number of aliphatic hydroxyl groups is 1. The number of nitrogens with zero attached hydrogens (tertiary/aromatic N) is 1. The highest BCUT2D eigenvalue weighted by Crippen LogP contribution is 2.36. The predicted molar refractivity (Wildman–Crippen MR) is 116 cm³/mol. The number of aryl methyl sites for hydroxylation is 1. The van der Waals surface area contributed by atoms with E-state index in [9.17, 15) is 13.5 Å². The van der Waals surface area contributed by atoms with Gasteiger partial charge in [-0.25, -0.2) is 18.1 Å². The minimum atomic E-state index is -3.82. The van der Waals surface area contributed by atoms with Gasteiger partial charge in [0, 0.05) is 32.2 Å². The van der Waals surface area contributed by atoms with Gasteiger partial charge in [-0.3, -0.25) is 0 Å². The van der Waals surface area contributed by atoms with Crippen LogP contribution in [0, 0.1) is 12.8 Å². The van der Waals surface area contributed by atoms with Crippen LogP contribution >= 0.6 is 0 Å². The van der Waals surface area contributed by atoms with Crippen LogP contribution in [0.4, 0.5) is 0 Å². The van der Waals surface area contributed by atoms with Crippen LogP contribution < -0.4 is 4.72 Å². The van der Waals surface area contributed by atoms with Crippen molar-refractivity contribution in [3.8, 4) is 11.3 Å². The molecule has 31 heavy (non-hydrogen) atoms. The molecule has 0 bridgehead atoms. The maximum atomic E-state index is 13.0. The van der Waals surface area contributed by atoms with E-state index >= 15 is 0 Å². The zero-order chi connectivity index (χ0) is 21.9. The van der Waals surface area contributed by atoms with Crippen molar-refractivity contribution in [3.05, 3.63) is 72.3 Å². The summed E-state index contributed by atoms with van der Waals surface area (Å²) in [5, 5.41) is 11.6. The summed E-state index contributed by atoms with van der Waals surface area (Å²) in [6.07, 6.45) is 2.86. The Morgan fingerprint density at radius 3 is 2.39 bits per heavy atom. The van der Waals surface area contributed by atoms with Crippen LogP contribution in [-0.2, 0) is 20.4 Å². The lowest BCUT2D eigenvalue weighted by Gasteiger charge is -2.39. The Bertz CT molecular complexity index is 1110. The van der Waals surface area contributed by atoms with Gasteiger partial charge in [0.05, 0.1) is 4.90 Å². The number of benzene rings is 2. The van der Waals surface area contributed by atoms with Gasteiger partial charge in [-0.1, -0.05) is 42.5 Å². The molecule has 0 saturated carbocycles. The SMILES string of the molecule is Cc1nc(-c2ccc(S(=O)(=O)NCC(O)(c3ccccc3)C3CCOCC3)cc2)co1. The van der Waals surface area contributed by atoms with Crippen LogP contribution in [0.2, 0.25) is 0 Å². The Morgan fingerprint density at radius 2 is 1.77 bits per heavy atom. The molecule has 2 aromatic carbocycles. The van der Waals surface area contributed by atoms with Crippen LogP contribution in [0.5, 0.6) is 0 Å². The fraction of sp³-hybridized carbons (Fsp3) is 0.348. The van der Waals surface area contributed by atoms with Crippen LogP contribution in [0.25, 0.3) is 11.3 Å². The number of nitrogens with one attached hydrogen (secondary N) is 1. The van der Waals surface area contributed by atoms with Gasteiger partial charge >= 0.3 is 0 Å². The molecule has 2 heterocycles. The lowest BCUT2D eigenvalue weighted by atomic mass is 9.77. The van der Waals surface area contributed by atoms with E-state index in [-0.39, 0.29) is 17.4 Å². The van der Waals surface area contributed by atoms with Crippen molar-refractivity contribution in [3.63, 3.8) is 0 Å². The number of hydrogen-bond donors (Lipinski definition) is 2. The van der Waals surface area contributed by atoms with E-state index in [0.717, 1.165) is 5.56 Å². The third-order valence-electron chi connectivity index (χ3n) is 5.78. The maximum Gasteiger partial charge on any atom is 0.240 e. The van der Waals surface area contributed by atoms with Crippen molar-refractivity contribution in [2.24, 2.45) is 5.92 Å². The Hall–Kier alpha value is -2.52. The van der Waals surface area contributed by atoms with Gasteiger partial charge in [-0.15, -0.1) is 0 Å². The standard InChI is InChI=1S/C23H26N2O5S/c1-17-25-22(15-30-17)18-7-9-21(10-8-18)31(27,28)24-16-23(26,19-5-3-2-4-6-19)20-11-13-29-14-12-20/h2-10,15,20,24,26H,11-14,16H2,1H3. The highest BCUT2D eigenvalue weighted by molar-refractivity contribution is 7.89. The number of ether oxygens (including phenoxy) is 1. The van der Waals surface area contributed by atoms with E-state index in [4.69, 9.17) is 9.15 Å². The van der Waals surface area contributed by atoms with E-state index < -0.39 is 15.6 Å². The molecule has 1 fully saturated rings. The van der Waals surface area contributed by atoms with Gasteiger partial charge in [0.1, 0.15) is 17.6 Å². The lowest BCUT2D eigenvalue weighted by Crippen LogP contribution is -2.47. The molecule has 4 rings (SSSR count). The van der Waals surface area contributed by atoms with Crippen molar-refractivity contribution < 1.29 is 22.7 Å². The van der Waals surface area contributed by atoms with E-state index in [2.05, 4.69) is 9.71 Å². The summed E-state index contributed by atoms with van der Waals surface area (Å²) < 4.78 is 39.2. The number of sulfonamides is 1. The Balaban J connectivity index is 1.54. The molecule has 0 radical (unpaired) electrons. The van der Waals surface area contributed by atoms with Crippen molar-refractivity contribution in [1.29, 1.82) is 0 Å². The molecule has 1 aromatic heterocycles. The highest BCUT2D eigenvalue weighted by Gasteiger charge is 2.40. The first-order valence-electron chi connectivity index (χ1n) is 10.3. The highest BCUT2D eigenvalue weighted by atomic mass is 32.2. The van der Waals surface area contributed by atoms with Gasteiger partial charge < -0.3 is 14.3 Å². The summed E-state index contributed by atoms with van der Waals surface area (Å²) in [7, 11) is -3.82. The molecule has 1 atom stereocenters. The molecule has 2 N–H and O–H groups in total. The number of rotatable bonds is 7. The summed E-state index contributed by atoms with van der Waals surface area (Å²) in [4.78, 5) is 4.38. The van der Waals surface area contributed by atoms with Crippen LogP contribution in [0.3, 0.4) is 0 Å². The summed E-state index contributed by atoms with van der Waals surface area (Å²) in [6, 6.07) is 15.7. The molecule has 3 aromatic rings. The Morgan fingerprint density at radius 1 is 1.10 bits per heavy atom. The smallest absolute Gasteiger partial charge is 0.240 e. The number of aromatic nitrogens is 1. The first-order chi connectivity index (χ1) is 14.9. The summed E-state index contributed by atoms with van der Waals surface area (Å²) >= 11 is 0. The van der Waals surface area contributed by atoms with E-state index in [0.29, 0.717) is 43.2 Å². The van der Waals surface area contributed by atoms with Gasteiger partial charge in [0.25, 0.3) is 0 Å². The maximum absolute atomic E-state index is 13.0. The predicted octanol–water partition coefficient (Wildman–Crippen LogP) is 3.24. The normalized spacial score (nSPS) is 17.4. The summed E-state index contributed by atoms with van der Waals surface area (Å²) in [5.74, 6) is 0.436. The first-order valence-corrected chi connectivity index (χ1v) is 11.7. The number of oxazole rings is 1. The third-order valence-corrected chi connectivity index (χ3v) is 7.20. The Kier molecular flexibility index (Phi) is 6.24. The van der Waals surface area contributed by atoms with Crippen molar-refractivity contribution in [1.82, 2.24) is 9.71 Å². The molecule has 1 aliphatic heterocycles. The molecule has 0 spiro atoms. The molecule has 0 amide bonds. The fourth-order valence-electron chi connectivity index (χ4n) is 3.97. The molecule has 1 unspecified atom stereocenters. The second kappa shape index (κ2) is 8.92. The van der Waals surface area contributed by atoms with E-state index in [1.165, 1.54) is 18.4 Å². The zero-order valence-corrected chi connectivity index (χ0v) is 18.1. The van der Waals surface area contributed by atoms with Crippen LogP contribution in [0.1, 0.15) is 24.3 Å². The summed E-state index contributed by atoms with van der Waals surface area (Å²) in [6.45, 7) is 2.73. The minimum Gasteiger partial charge on any atom is -0.449 e. The largest absolute Gasteiger partial charge is 0.449 e. The molecule has 1 saturated heterocycles. The Labute approximate surface area is 182 Å². The van der Waals surface area contributed by atoms with Gasteiger partial charge in [-0.2, -0.15) is 0 Å². The molecular formula is C23H26N2O5S. The fourth-order valence-corrected chi connectivity index (χ4v) is 5.04. The molecule has 0 aliphatic carbocycles. The van der Waals surface area contributed by atoms with Crippen molar-refractivity contribution in [2.45, 2.75) is 30.3 Å². The van der Waals surface area contributed by atoms with Gasteiger partial charge in [0.2, 0.25) is 10.0 Å². The van der Waals surface area contributed by atoms with Crippen molar-refractivity contribution in [2.75, 3.05) is 19.8 Å². The third kappa shape index (κ3) is 4.72. The monoisotopic (exact) mass is 442 g/mol. The second-order valence-corrected chi connectivity index (χ2v) is 9.54. The summed E-state index contributed by atoms with van der Waals surface area (Å²) in [5.41, 5.74) is 0.781. The van der Waals surface area contributed by atoms with E-state index in [1.807, 2.05) is 30.3 Å². The minimum absolute atomic E-state index is 0.107. The molecular weight excluding hydrogens is 416 g/mol. The first kappa shape index (κ1) is 21.7. The van der Waals surface area contributed by atoms with Crippen molar-refractivity contribution >= 4 is 10.0 Å². The molecule has 164 valence electrons. The van der Waals surface area contributed by atoms with E-state index in [1.54, 1.807) is 19.1 Å². The second-order valence-electron chi connectivity index (χ2n) is 7.78. The zero-order valence-electron chi connectivity index (χ0n) is 17.3. The topological polar surface area (TPSA) is 102 Å². The average molecular weight is 443 g/mol. The quantitative estimate of drug-likeness (QED) is 0.582.